The van der Waals surface area contributed by atoms with E-state index >= 15 is 0 Å². The van der Waals surface area contributed by atoms with Crippen LogP contribution in [0.25, 0.3) is 0 Å². The molecule has 0 fully saturated rings. The maximum Gasteiger partial charge on any atom is 0.204 e. The number of benzene rings is 2. The quantitative estimate of drug-likeness (QED) is 0.474. The van der Waals surface area contributed by atoms with Crippen LogP contribution in [0, 0.1) is 6.92 Å². The molecule has 1 aromatic heterocycles. The summed E-state index contributed by atoms with van der Waals surface area (Å²) in [5, 5.41) is 19.9. The van der Waals surface area contributed by atoms with Gasteiger partial charge in [0.25, 0.3) is 0 Å². The molecule has 8 nitrogen and oxygen atoms in total. The van der Waals surface area contributed by atoms with Crippen molar-refractivity contribution < 1.29 is 9.68 Å². The van der Waals surface area contributed by atoms with E-state index in [1.807, 2.05) is 61.5 Å². The Kier molecular flexibility index (Phi) is 5.88. The van der Waals surface area contributed by atoms with Crippen LogP contribution < -0.4 is 0 Å². The van der Waals surface area contributed by atoms with Gasteiger partial charge in [0.15, 0.2) is 12.3 Å². The van der Waals surface area contributed by atoms with Crippen molar-refractivity contribution >= 4 is 11.4 Å². The number of tetrazole rings is 1. The molecule has 27 heavy (non-hydrogen) atoms. The average molecular weight is 364 g/mol. The third kappa shape index (κ3) is 4.55. The van der Waals surface area contributed by atoms with Gasteiger partial charge in [-0.1, -0.05) is 70.5 Å². The summed E-state index contributed by atoms with van der Waals surface area (Å²) in [6.45, 7) is 2.16. The molecule has 0 unspecified atom stereocenters. The standard InChI is InChI=1S/C19H20N6O2/c1-14-9-11-15(12-10-14)17(21-26-3)13-27-22-18(16-7-5-4-6-8-16)19-20-23-24-25(19)2/h4-12H,13H2,1-3H3/b21-17-,22-18-. The Morgan fingerprint density at radius 1 is 1.00 bits per heavy atom. The summed E-state index contributed by atoms with van der Waals surface area (Å²) >= 11 is 0. The second kappa shape index (κ2) is 8.70. The number of aryl methyl sites for hydroxylation is 2. The molecule has 0 amide bonds. The monoisotopic (exact) mass is 364 g/mol. The molecule has 0 saturated heterocycles. The highest BCUT2D eigenvalue weighted by Gasteiger charge is 2.15. The number of rotatable bonds is 7. The van der Waals surface area contributed by atoms with Crippen LogP contribution in [0.1, 0.15) is 22.5 Å². The van der Waals surface area contributed by atoms with Crippen LogP contribution in [0.15, 0.2) is 64.9 Å². The molecule has 8 heteroatoms. The molecule has 138 valence electrons. The van der Waals surface area contributed by atoms with E-state index in [4.69, 9.17) is 9.68 Å². The summed E-state index contributed by atoms with van der Waals surface area (Å²) in [7, 11) is 3.25. The van der Waals surface area contributed by atoms with E-state index in [-0.39, 0.29) is 6.61 Å². The molecular formula is C19H20N6O2. The molecule has 0 spiro atoms. The van der Waals surface area contributed by atoms with E-state index in [1.165, 1.54) is 7.11 Å². The average Bonchev–Trinajstić information content (AvgIpc) is 3.11. The summed E-state index contributed by atoms with van der Waals surface area (Å²) in [4.78, 5) is 10.5. The van der Waals surface area contributed by atoms with E-state index in [1.54, 1.807) is 11.7 Å². The Hall–Kier alpha value is -3.55. The molecule has 0 saturated carbocycles. The predicted octanol–water partition coefficient (Wildman–Crippen LogP) is 2.34. The smallest absolute Gasteiger partial charge is 0.204 e. The summed E-state index contributed by atoms with van der Waals surface area (Å²) in [6.07, 6.45) is 0. The van der Waals surface area contributed by atoms with Crippen molar-refractivity contribution in [2.24, 2.45) is 17.4 Å². The normalized spacial score (nSPS) is 12.1. The maximum atomic E-state index is 5.60. The van der Waals surface area contributed by atoms with Crippen molar-refractivity contribution in [3.63, 3.8) is 0 Å². The van der Waals surface area contributed by atoms with E-state index in [0.29, 0.717) is 17.2 Å². The Morgan fingerprint density at radius 2 is 1.74 bits per heavy atom. The van der Waals surface area contributed by atoms with Crippen molar-refractivity contribution in [2.75, 3.05) is 13.7 Å². The van der Waals surface area contributed by atoms with Crippen molar-refractivity contribution in [1.29, 1.82) is 0 Å². The van der Waals surface area contributed by atoms with E-state index < -0.39 is 0 Å². The second-order valence-corrected chi connectivity index (χ2v) is 5.79. The van der Waals surface area contributed by atoms with Gasteiger partial charge in [0.1, 0.15) is 12.8 Å². The number of aromatic nitrogens is 4. The molecule has 0 bridgehead atoms. The molecule has 0 atom stereocenters. The summed E-state index contributed by atoms with van der Waals surface area (Å²) in [5.41, 5.74) is 4.07. The molecule has 3 rings (SSSR count). The van der Waals surface area contributed by atoms with Gasteiger partial charge >= 0.3 is 0 Å². The van der Waals surface area contributed by atoms with Crippen molar-refractivity contribution in [3.8, 4) is 0 Å². The fraction of sp³-hybridized carbons (Fsp3) is 0.211. The minimum atomic E-state index is 0.137. The van der Waals surface area contributed by atoms with Crippen LogP contribution in [0.5, 0.6) is 0 Å². The van der Waals surface area contributed by atoms with Gasteiger partial charge in [0.2, 0.25) is 5.82 Å². The zero-order chi connectivity index (χ0) is 19.1. The van der Waals surface area contributed by atoms with Gasteiger partial charge in [-0.2, -0.15) is 0 Å². The van der Waals surface area contributed by atoms with Crippen molar-refractivity contribution in [3.05, 3.63) is 77.1 Å². The summed E-state index contributed by atoms with van der Waals surface area (Å²) in [6, 6.07) is 17.5. The van der Waals surface area contributed by atoms with Crippen molar-refractivity contribution in [1.82, 2.24) is 20.2 Å². The highest BCUT2D eigenvalue weighted by molar-refractivity contribution is 6.10. The largest absolute Gasteiger partial charge is 0.399 e. The molecule has 0 N–H and O–H groups in total. The zero-order valence-corrected chi connectivity index (χ0v) is 15.4. The minimum Gasteiger partial charge on any atom is -0.399 e. The van der Waals surface area contributed by atoms with Gasteiger partial charge in [0, 0.05) is 18.2 Å². The Balaban J connectivity index is 1.85. The fourth-order valence-electron chi connectivity index (χ4n) is 2.43. The maximum absolute atomic E-state index is 5.60. The first-order valence-corrected chi connectivity index (χ1v) is 8.34. The molecule has 2 aromatic carbocycles. The first kappa shape index (κ1) is 18.2. The van der Waals surface area contributed by atoms with Gasteiger partial charge in [-0.05, 0) is 17.4 Å². The van der Waals surface area contributed by atoms with E-state index in [9.17, 15) is 0 Å². The lowest BCUT2D eigenvalue weighted by Crippen LogP contribution is -2.14. The van der Waals surface area contributed by atoms with Crippen molar-refractivity contribution in [2.45, 2.75) is 6.92 Å². The fourth-order valence-corrected chi connectivity index (χ4v) is 2.43. The molecule has 3 aromatic rings. The SMILES string of the molecule is CO/N=C(/CO/N=C(/c1ccccc1)c1nnnn1C)c1ccc(C)cc1. The first-order valence-electron chi connectivity index (χ1n) is 8.34. The third-order valence-corrected chi connectivity index (χ3v) is 3.82. The number of nitrogens with zero attached hydrogens (tertiary/aromatic N) is 6. The third-order valence-electron chi connectivity index (χ3n) is 3.82. The van der Waals surface area contributed by atoms with Gasteiger partial charge < -0.3 is 9.68 Å². The van der Waals surface area contributed by atoms with Crippen LogP contribution in [0.3, 0.4) is 0 Å². The lowest BCUT2D eigenvalue weighted by atomic mass is 10.1. The highest BCUT2D eigenvalue weighted by atomic mass is 16.6. The highest BCUT2D eigenvalue weighted by Crippen LogP contribution is 2.10. The lowest BCUT2D eigenvalue weighted by molar-refractivity contribution is 0.173. The van der Waals surface area contributed by atoms with Gasteiger partial charge in [0.05, 0.1) is 0 Å². The van der Waals surface area contributed by atoms with E-state index in [2.05, 4.69) is 25.8 Å². The number of hydrogen-bond acceptors (Lipinski definition) is 7. The number of hydrogen-bond donors (Lipinski definition) is 0. The van der Waals surface area contributed by atoms with Crippen LogP contribution in [0.4, 0.5) is 0 Å². The molecular weight excluding hydrogens is 344 g/mol. The Labute approximate surface area is 157 Å². The van der Waals surface area contributed by atoms with E-state index in [0.717, 1.165) is 16.7 Å². The number of oxime groups is 2. The first-order chi connectivity index (χ1) is 13.2. The molecule has 1 heterocycles. The predicted molar refractivity (Wildman–Crippen MR) is 102 cm³/mol. The topological polar surface area (TPSA) is 86.8 Å². The molecule has 0 aliphatic rings. The molecule has 0 radical (unpaired) electrons. The Morgan fingerprint density at radius 3 is 2.37 bits per heavy atom. The van der Waals surface area contributed by atoms with Crippen LogP contribution in [-0.4, -0.2) is 45.3 Å². The second-order valence-electron chi connectivity index (χ2n) is 5.79. The summed E-state index contributed by atoms with van der Waals surface area (Å²) in [5.74, 6) is 0.502. The van der Waals surface area contributed by atoms with Crippen LogP contribution in [0.2, 0.25) is 0 Å². The molecule has 0 aliphatic heterocycles. The summed E-state index contributed by atoms with van der Waals surface area (Å²) < 4.78 is 1.54. The molecule has 0 aliphatic carbocycles. The lowest BCUT2D eigenvalue weighted by Gasteiger charge is -2.08. The van der Waals surface area contributed by atoms with Crippen LogP contribution in [-0.2, 0) is 16.7 Å². The van der Waals surface area contributed by atoms with Gasteiger partial charge in [-0.15, -0.1) is 5.10 Å². The minimum absolute atomic E-state index is 0.137. The van der Waals surface area contributed by atoms with Gasteiger partial charge in [-0.25, -0.2) is 4.68 Å². The zero-order valence-electron chi connectivity index (χ0n) is 15.4. The Bertz CT molecular complexity index is 932. The van der Waals surface area contributed by atoms with Gasteiger partial charge in [-0.3, -0.25) is 0 Å². The van der Waals surface area contributed by atoms with Crippen LogP contribution >= 0.6 is 0 Å².